The van der Waals surface area contributed by atoms with Crippen LogP contribution in [0.4, 0.5) is 0 Å². The van der Waals surface area contributed by atoms with Crippen LogP contribution in [0.25, 0.3) is 55.1 Å². The fourth-order valence-corrected chi connectivity index (χ4v) is 4.44. The van der Waals surface area contributed by atoms with Gasteiger partial charge in [-0.1, -0.05) is 6.07 Å². The number of H-pyrrole nitrogens is 1. The smallest absolute Gasteiger partial charge is 0.127 e. The Kier molecular flexibility index (Phi) is 3.83. The second kappa shape index (κ2) is 6.71. The molecule has 0 spiro atoms. The fourth-order valence-electron chi connectivity index (χ4n) is 4.44. The van der Waals surface area contributed by atoms with Gasteiger partial charge >= 0.3 is 0 Å². The van der Waals surface area contributed by atoms with E-state index in [9.17, 15) is 0 Å². The number of fused-ring (bicyclic) bond motifs is 4. The summed E-state index contributed by atoms with van der Waals surface area (Å²) in [6.07, 6.45) is 7.60. The molecule has 0 bridgehead atoms. The molecule has 0 aliphatic rings. The van der Waals surface area contributed by atoms with Crippen molar-refractivity contribution in [2.45, 2.75) is 0 Å². The molecule has 31 heavy (non-hydrogen) atoms. The lowest BCUT2D eigenvalue weighted by atomic mass is 9.97. The molecule has 0 atom stereocenters. The number of rotatable bonds is 3. The van der Waals surface area contributed by atoms with E-state index in [0.717, 1.165) is 49.9 Å². The number of methoxy groups -OCH3 is 1. The minimum absolute atomic E-state index is 0.850. The Bertz CT molecular complexity index is 1580. The van der Waals surface area contributed by atoms with Gasteiger partial charge in [0.1, 0.15) is 5.75 Å². The molecule has 4 heterocycles. The molecule has 5 nitrogen and oxygen atoms in total. The minimum Gasteiger partial charge on any atom is -0.496 e. The lowest BCUT2D eigenvalue weighted by Gasteiger charge is -2.12. The van der Waals surface area contributed by atoms with Gasteiger partial charge in [-0.15, -0.1) is 0 Å². The number of nitrogens with zero attached hydrogens (tertiary/aromatic N) is 3. The second-order valence-electron chi connectivity index (χ2n) is 7.75. The van der Waals surface area contributed by atoms with Crippen LogP contribution in [0.1, 0.15) is 0 Å². The van der Waals surface area contributed by atoms with E-state index in [1.54, 1.807) is 13.3 Å². The maximum absolute atomic E-state index is 5.81. The number of hydrogen-bond acceptors (Lipinski definition) is 3. The number of aryl methyl sites for hydroxylation is 1. The molecule has 0 fully saturated rings. The zero-order valence-corrected chi connectivity index (χ0v) is 17.3. The quantitative estimate of drug-likeness (QED) is 0.397. The summed E-state index contributed by atoms with van der Waals surface area (Å²) in [7, 11) is 3.79. The average Bonchev–Trinajstić information content (AvgIpc) is 3.38. The average molecular weight is 404 g/mol. The molecule has 4 aromatic heterocycles. The Hall–Kier alpha value is -4.12. The van der Waals surface area contributed by atoms with Crippen molar-refractivity contribution in [3.05, 3.63) is 79.4 Å². The van der Waals surface area contributed by atoms with Gasteiger partial charge in [0.15, 0.2) is 0 Å². The van der Waals surface area contributed by atoms with E-state index in [0.29, 0.717) is 0 Å². The topological polar surface area (TPSA) is 55.7 Å². The van der Waals surface area contributed by atoms with E-state index in [1.165, 1.54) is 10.9 Å². The van der Waals surface area contributed by atoms with Gasteiger partial charge in [0.2, 0.25) is 0 Å². The van der Waals surface area contributed by atoms with Gasteiger partial charge in [0.05, 0.1) is 24.5 Å². The predicted octanol–water partition coefficient (Wildman–Crippen LogP) is 5.95. The Morgan fingerprint density at radius 2 is 1.87 bits per heavy atom. The third-order valence-electron chi connectivity index (χ3n) is 5.96. The SMILES string of the molecule is COc1ccc2[nH]c3cnc(-c4cccnc4)cc3c2c1-c1ccc2c(ccn2C)c1. The maximum atomic E-state index is 5.81. The molecule has 0 radical (unpaired) electrons. The summed E-state index contributed by atoms with van der Waals surface area (Å²) in [4.78, 5) is 12.4. The largest absolute Gasteiger partial charge is 0.496 e. The third kappa shape index (κ3) is 2.70. The van der Waals surface area contributed by atoms with E-state index in [1.807, 2.05) is 30.6 Å². The molecule has 1 N–H and O–H groups in total. The molecule has 0 amide bonds. The minimum atomic E-state index is 0.850. The number of benzene rings is 2. The van der Waals surface area contributed by atoms with Crippen LogP contribution in [0.2, 0.25) is 0 Å². The highest BCUT2D eigenvalue weighted by Crippen LogP contribution is 2.42. The van der Waals surface area contributed by atoms with Crippen molar-refractivity contribution in [3.63, 3.8) is 0 Å². The summed E-state index contributed by atoms with van der Waals surface area (Å²) in [5.74, 6) is 0.850. The highest BCUT2D eigenvalue weighted by Gasteiger charge is 2.17. The maximum Gasteiger partial charge on any atom is 0.127 e. The zero-order valence-electron chi connectivity index (χ0n) is 17.3. The van der Waals surface area contributed by atoms with Gasteiger partial charge < -0.3 is 14.3 Å². The number of hydrogen-bond donors (Lipinski definition) is 1. The molecule has 0 saturated carbocycles. The van der Waals surface area contributed by atoms with Gasteiger partial charge in [-0.25, -0.2) is 0 Å². The van der Waals surface area contributed by atoms with E-state index < -0.39 is 0 Å². The summed E-state index contributed by atoms with van der Waals surface area (Å²) >= 11 is 0. The molecule has 6 rings (SSSR count). The third-order valence-corrected chi connectivity index (χ3v) is 5.96. The zero-order chi connectivity index (χ0) is 20.9. The number of pyridine rings is 2. The van der Waals surface area contributed by atoms with Crippen LogP contribution >= 0.6 is 0 Å². The van der Waals surface area contributed by atoms with Crippen LogP contribution in [-0.4, -0.2) is 26.6 Å². The van der Waals surface area contributed by atoms with Crippen molar-refractivity contribution in [2.24, 2.45) is 7.05 Å². The molecule has 2 aromatic carbocycles. The van der Waals surface area contributed by atoms with Gasteiger partial charge in [0.25, 0.3) is 0 Å². The number of ether oxygens (including phenoxy) is 1. The van der Waals surface area contributed by atoms with Gasteiger partial charge in [0, 0.05) is 64.0 Å². The summed E-state index contributed by atoms with van der Waals surface area (Å²) in [5, 5.41) is 3.46. The van der Waals surface area contributed by atoms with Crippen molar-refractivity contribution in [1.29, 1.82) is 0 Å². The summed E-state index contributed by atoms with van der Waals surface area (Å²) < 4.78 is 7.95. The number of aromatic amines is 1. The van der Waals surface area contributed by atoms with E-state index in [4.69, 9.17) is 4.74 Å². The van der Waals surface area contributed by atoms with Crippen LogP contribution in [0.3, 0.4) is 0 Å². The Morgan fingerprint density at radius 1 is 0.935 bits per heavy atom. The van der Waals surface area contributed by atoms with Crippen molar-refractivity contribution >= 4 is 32.7 Å². The summed E-state index contributed by atoms with van der Waals surface area (Å²) in [5.41, 5.74) is 7.36. The first-order valence-corrected chi connectivity index (χ1v) is 10.2. The number of aromatic nitrogens is 4. The fraction of sp³-hybridized carbons (Fsp3) is 0.0769. The van der Waals surface area contributed by atoms with Crippen molar-refractivity contribution in [3.8, 4) is 28.1 Å². The molecule has 0 aliphatic carbocycles. The van der Waals surface area contributed by atoms with E-state index in [-0.39, 0.29) is 0 Å². The molecule has 0 saturated heterocycles. The Morgan fingerprint density at radius 3 is 2.71 bits per heavy atom. The highest BCUT2D eigenvalue weighted by atomic mass is 16.5. The molecule has 6 aromatic rings. The van der Waals surface area contributed by atoms with Crippen LogP contribution < -0.4 is 4.74 Å². The standard InChI is InChI=1S/C26H20N4O/c1-30-11-9-16-12-17(5-7-23(16)30)25-24(31-2)8-6-20-26(25)19-13-21(28-15-22(19)29-20)18-4-3-10-27-14-18/h3-15,29H,1-2H3. The molecular formula is C26H20N4O. The first-order chi connectivity index (χ1) is 15.2. The molecule has 150 valence electrons. The molecule has 5 heteroatoms. The lowest BCUT2D eigenvalue weighted by molar-refractivity contribution is 0.417. The first kappa shape index (κ1) is 17.7. The number of nitrogens with one attached hydrogen (secondary N) is 1. The predicted molar refractivity (Wildman–Crippen MR) is 125 cm³/mol. The summed E-state index contributed by atoms with van der Waals surface area (Å²) in [6, 6.07) is 18.9. The van der Waals surface area contributed by atoms with Crippen LogP contribution in [0, 0.1) is 0 Å². The molecule has 0 aliphatic heterocycles. The molecule has 0 unspecified atom stereocenters. The van der Waals surface area contributed by atoms with Crippen LogP contribution in [0.15, 0.2) is 79.4 Å². The Balaban J connectivity index is 1.68. The van der Waals surface area contributed by atoms with Crippen molar-refractivity contribution in [1.82, 2.24) is 19.5 Å². The van der Waals surface area contributed by atoms with Crippen LogP contribution in [0.5, 0.6) is 5.75 Å². The van der Waals surface area contributed by atoms with Gasteiger partial charge in [-0.2, -0.15) is 0 Å². The van der Waals surface area contributed by atoms with Crippen molar-refractivity contribution < 1.29 is 4.74 Å². The normalized spacial score (nSPS) is 11.5. The van der Waals surface area contributed by atoms with E-state index in [2.05, 4.69) is 69.2 Å². The van der Waals surface area contributed by atoms with Crippen LogP contribution in [-0.2, 0) is 7.05 Å². The lowest BCUT2D eigenvalue weighted by Crippen LogP contribution is -1.90. The highest BCUT2D eigenvalue weighted by molar-refractivity contribution is 6.16. The van der Waals surface area contributed by atoms with E-state index >= 15 is 0 Å². The van der Waals surface area contributed by atoms with Gasteiger partial charge in [-0.05, 0) is 54.1 Å². The Labute approximate surface area is 179 Å². The van der Waals surface area contributed by atoms with Gasteiger partial charge in [-0.3, -0.25) is 9.97 Å². The second-order valence-corrected chi connectivity index (χ2v) is 7.75. The summed E-state index contributed by atoms with van der Waals surface area (Å²) in [6.45, 7) is 0. The monoisotopic (exact) mass is 404 g/mol. The first-order valence-electron chi connectivity index (χ1n) is 10.2. The van der Waals surface area contributed by atoms with Crippen molar-refractivity contribution in [2.75, 3.05) is 7.11 Å². The molecular weight excluding hydrogens is 384 g/mol.